The molecule has 13 heteroatoms. The zero-order valence-electron chi connectivity index (χ0n) is 19.0. The van der Waals surface area contributed by atoms with E-state index in [1.54, 1.807) is 14.0 Å². The Balaban J connectivity index is 1.52. The van der Waals surface area contributed by atoms with Crippen molar-refractivity contribution >= 4 is 28.5 Å². The van der Waals surface area contributed by atoms with Crippen molar-refractivity contribution in [2.75, 3.05) is 19.0 Å². The Kier molecular flexibility index (Phi) is 6.43. The van der Waals surface area contributed by atoms with Crippen LogP contribution in [0.25, 0.3) is 0 Å². The van der Waals surface area contributed by atoms with E-state index in [1.165, 1.54) is 30.0 Å². The molecule has 35 heavy (non-hydrogen) atoms. The summed E-state index contributed by atoms with van der Waals surface area (Å²) in [4.78, 5) is 24.7. The van der Waals surface area contributed by atoms with E-state index in [9.17, 15) is 22.4 Å². The van der Waals surface area contributed by atoms with E-state index in [0.29, 0.717) is 11.8 Å². The molecule has 188 valence electrons. The van der Waals surface area contributed by atoms with Crippen molar-refractivity contribution in [3.05, 3.63) is 47.7 Å². The lowest BCUT2D eigenvalue weighted by Gasteiger charge is -2.34. The van der Waals surface area contributed by atoms with Crippen LogP contribution in [0, 0.1) is 11.7 Å². The topological polar surface area (TPSA) is 112 Å². The van der Waals surface area contributed by atoms with Crippen LogP contribution in [-0.4, -0.2) is 51.8 Å². The van der Waals surface area contributed by atoms with Crippen LogP contribution < -0.4 is 15.8 Å². The molecular weight excluding hydrogens is 490 g/mol. The number of aromatic nitrogens is 2. The third kappa shape index (κ3) is 4.92. The van der Waals surface area contributed by atoms with E-state index in [1.807, 2.05) is 0 Å². The van der Waals surface area contributed by atoms with Gasteiger partial charge >= 0.3 is 6.18 Å². The maximum absolute atomic E-state index is 14.9. The van der Waals surface area contributed by atoms with E-state index in [-0.39, 0.29) is 33.5 Å². The van der Waals surface area contributed by atoms with Gasteiger partial charge in [-0.2, -0.15) is 13.2 Å². The zero-order chi connectivity index (χ0) is 25.6. The molecule has 0 saturated heterocycles. The molecule has 2 aliphatic rings. The van der Waals surface area contributed by atoms with Gasteiger partial charge in [-0.25, -0.2) is 14.4 Å². The lowest BCUT2D eigenvalue weighted by atomic mass is 9.85. The Bertz CT molecular complexity index is 1160. The molecule has 1 amide bonds. The first kappa shape index (κ1) is 25.2. The molecular formula is C22H23F4N5O3S. The van der Waals surface area contributed by atoms with E-state index < -0.39 is 29.5 Å². The van der Waals surface area contributed by atoms with Gasteiger partial charge in [-0.05, 0) is 38.5 Å². The largest absolute Gasteiger partial charge is 0.464 e. The number of methoxy groups -OCH3 is 1. The summed E-state index contributed by atoms with van der Waals surface area (Å²) in [6.07, 6.45) is -3.98. The normalized spacial score (nSPS) is 26.4. The second-order valence-corrected chi connectivity index (χ2v) is 10.1. The molecule has 1 saturated carbocycles. The summed E-state index contributed by atoms with van der Waals surface area (Å²) in [5, 5.41) is 2.94. The first-order valence-electron chi connectivity index (χ1n) is 10.6. The van der Waals surface area contributed by atoms with Crippen molar-refractivity contribution in [2.45, 2.75) is 42.8 Å². The molecule has 0 bridgehead atoms. The first-order chi connectivity index (χ1) is 16.4. The van der Waals surface area contributed by atoms with Crippen LogP contribution in [0.2, 0.25) is 0 Å². The van der Waals surface area contributed by atoms with Crippen molar-refractivity contribution < 1.29 is 31.8 Å². The van der Waals surface area contributed by atoms with Crippen molar-refractivity contribution in [1.29, 1.82) is 0 Å². The highest BCUT2D eigenvalue weighted by Crippen LogP contribution is 2.66. The minimum Gasteiger partial charge on any atom is -0.464 e. The summed E-state index contributed by atoms with van der Waals surface area (Å²) in [6, 6.07) is 4.10. The summed E-state index contributed by atoms with van der Waals surface area (Å²) >= 11 is 1.43. The number of thioether (sulfide) groups is 1. The van der Waals surface area contributed by atoms with Gasteiger partial charge in [0.1, 0.15) is 11.5 Å². The maximum Gasteiger partial charge on any atom is 0.425 e. The Hall–Kier alpha value is -2.93. The van der Waals surface area contributed by atoms with E-state index in [2.05, 4.69) is 25.0 Å². The van der Waals surface area contributed by atoms with Gasteiger partial charge in [0.05, 0.1) is 29.3 Å². The third-order valence-electron chi connectivity index (χ3n) is 6.13. The Morgan fingerprint density at radius 2 is 2.09 bits per heavy atom. The number of ether oxygens (including phenoxy) is 2. The number of aliphatic imine (C=N–C) groups is 1. The SMILES string of the molecule is COC[C@]12CC1[C@@](C)(c1cc(NC(=O)c3cnc(O[C@@H](C)C(F)(F)F)cn3)ccc1F)N=C(N)S2. The van der Waals surface area contributed by atoms with E-state index >= 15 is 0 Å². The summed E-state index contributed by atoms with van der Waals surface area (Å²) in [7, 11) is 1.60. The van der Waals surface area contributed by atoms with Gasteiger partial charge in [0.25, 0.3) is 5.91 Å². The van der Waals surface area contributed by atoms with Gasteiger partial charge in [-0.15, -0.1) is 0 Å². The average molecular weight is 514 g/mol. The van der Waals surface area contributed by atoms with Gasteiger partial charge in [-0.1, -0.05) is 11.8 Å². The maximum atomic E-state index is 14.9. The number of benzene rings is 1. The summed E-state index contributed by atoms with van der Waals surface area (Å²) < 4.78 is 62.6. The minimum absolute atomic E-state index is 0.00907. The molecule has 1 aliphatic heterocycles. The number of anilines is 1. The highest BCUT2D eigenvalue weighted by Gasteiger charge is 2.66. The number of carbonyl (C=O) groups is 1. The van der Waals surface area contributed by atoms with Gasteiger partial charge in [0.2, 0.25) is 5.88 Å². The molecule has 1 aromatic carbocycles. The number of hydrogen-bond acceptors (Lipinski definition) is 8. The lowest BCUT2D eigenvalue weighted by molar-refractivity contribution is -0.190. The fourth-order valence-electron chi connectivity index (χ4n) is 4.26. The molecule has 0 radical (unpaired) electrons. The van der Waals surface area contributed by atoms with Crippen LogP contribution in [0.5, 0.6) is 5.88 Å². The van der Waals surface area contributed by atoms with Gasteiger partial charge in [-0.3, -0.25) is 9.79 Å². The van der Waals surface area contributed by atoms with Gasteiger partial charge < -0.3 is 20.5 Å². The Labute approximate surface area is 202 Å². The average Bonchev–Trinajstić information content (AvgIpc) is 3.49. The van der Waals surface area contributed by atoms with E-state index in [4.69, 9.17) is 10.5 Å². The molecule has 1 aliphatic carbocycles. The monoisotopic (exact) mass is 513 g/mol. The quantitative estimate of drug-likeness (QED) is 0.541. The summed E-state index contributed by atoms with van der Waals surface area (Å²) in [5.74, 6) is -1.56. The van der Waals surface area contributed by atoms with Crippen LogP contribution in [0.1, 0.15) is 36.3 Å². The fourth-order valence-corrected chi connectivity index (χ4v) is 5.71. The lowest BCUT2D eigenvalue weighted by Crippen LogP contribution is -2.37. The highest BCUT2D eigenvalue weighted by molar-refractivity contribution is 8.15. The molecule has 4 rings (SSSR count). The molecule has 4 atom stereocenters. The molecule has 2 aromatic rings. The van der Waals surface area contributed by atoms with Crippen LogP contribution in [0.3, 0.4) is 0 Å². The number of fused-ring (bicyclic) bond motifs is 1. The van der Waals surface area contributed by atoms with Gasteiger partial charge in [0, 0.05) is 24.3 Å². The van der Waals surface area contributed by atoms with Crippen LogP contribution >= 0.6 is 11.8 Å². The number of nitrogens with one attached hydrogen (secondary N) is 1. The molecule has 1 unspecified atom stereocenters. The number of amides is 1. The molecule has 2 heterocycles. The third-order valence-corrected chi connectivity index (χ3v) is 7.41. The smallest absolute Gasteiger partial charge is 0.425 e. The number of carbonyl (C=O) groups excluding carboxylic acids is 1. The first-order valence-corrected chi connectivity index (χ1v) is 11.4. The highest BCUT2D eigenvalue weighted by atomic mass is 32.2. The number of alkyl halides is 3. The number of halogens is 4. The second-order valence-electron chi connectivity index (χ2n) is 8.64. The number of rotatable bonds is 7. The predicted molar refractivity (Wildman–Crippen MR) is 122 cm³/mol. The standard InChI is InChI=1S/C22H23F4N5O3S/c1-11(22(24,25)26)34-17-9-28-15(8-29-17)18(32)30-12-4-5-14(23)13(6-12)20(2)16-7-21(16,10-33-3)35-19(27)31-20/h4-6,8-9,11,16H,7,10H2,1-3H3,(H2,27,31)(H,30,32)/t11-,16?,20+,21+/m0/s1. The van der Waals surface area contributed by atoms with Gasteiger partial charge in [0.15, 0.2) is 11.3 Å². The van der Waals surface area contributed by atoms with Crippen LogP contribution in [0.15, 0.2) is 35.6 Å². The summed E-state index contributed by atoms with van der Waals surface area (Å²) in [6.45, 7) is 3.09. The number of hydrogen-bond donors (Lipinski definition) is 2. The van der Waals surface area contributed by atoms with Crippen molar-refractivity contribution in [3.63, 3.8) is 0 Å². The number of nitrogens with zero attached hydrogens (tertiary/aromatic N) is 3. The second kappa shape index (κ2) is 8.94. The zero-order valence-corrected chi connectivity index (χ0v) is 19.8. The number of amidine groups is 1. The van der Waals surface area contributed by atoms with Crippen LogP contribution in [-0.2, 0) is 10.3 Å². The Morgan fingerprint density at radius 1 is 1.34 bits per heavy atom. The van der Waals surface area contributed by atoms with Crippen LogP contribution in [0.4, 0.5) is 23.2 Å². The predicted octanol–water partition coefficient (Wildman–Crippen LogP) is 3.88. The Morgan fingerprint density at radius 3 is 2.71 bits per heavy atom. The minimum atomic E-state index is -4.57. The molecule has 1 fully saturated rings. The molecule has 1 aromatic heterocycles. The van der Waals surface area contributed by atoms with E-state index in [0.717, 1.165) is 25.7 Å². The summed E-state index contributed by atoms with van der Waals surface area (Å²) in [5.41, 5.74) is 5.51. The van der Waals surface area contributed by atoms with Crippen molar-refractivity contribution in [3.8, 4) is 5.88 Å². The molecule has 0 spiro atoms. The molecule has 8 nitrogen and oxygen atoms in total. The fraction of sp³-hybridized carbons (Fsp3) is 0.455. The van der Waals surface area contributed by atoms with Crippen molar-refractivity contribution in [2.24, 2.45) is 16.6 Å². The molecule has 3 N–H and O–H groups in total. The number of nitrogens with two attached hydrogens (primary N) is 1. The van der Waals surface area contributed by atoms with Crippen molar-refractivity contribution in [1.82, 2.24) is 9.97 Å².